The average molecular weight is 776 g/mol. The largest absolute Gasteiger partial charge is 0.310 e. The lowest BCUT2D eigenvalue weighted by Gasteiger charge is -2.29. The fraction of sp³-hybridized carbons (Fsp3) is 0. The number of hydrogen-bond acceptors (Lipinski definition) is 1. The Labute approximate surface area is 357 Å². The van der Waals surface area contributed by atoms with E-state index in [1.807, 2.05) is 0 Å². The molecule has 0 aliphatic heterocycles. The van der Waals surface area contributed by atoms with Crippen molar-refractivity contribution >= 4 is 49.4 Å². The van der Waals surface area contributed by atoms with Gasteiger partial charge in [0.15, 0.2) is 0 Å². The van der Waals surface area contributed by atoms with E-state index in [2.05, 4.69) is 254 Å². The predicted molar refractivity (Wildman–Crippen MR) is 261 cm³/mol. The van der Waals surface area contributed by atoms with Crippen LogP contribution in [-0.2, 0) is 0 Å². The molecule has 0 unspecified atom stereocenters. The number of hydrogen-bond donors (Lipinski definition) is 0. The lowest BCUT2D eigenvalue weighted by molar-refractivity contribution is 1.28. The number of nitrogens with zero attached hydrogens (tertiary/aromatic N) is 1. The summed E-state index contributed by atoms with van der Waals surface area (Å²) in [4.78, 5) is 2.43. The third-order valence-corrected chi connectivity index (χ3v) is 12.0. The quantitative estimate of drug-likeness (QED) is 0.139. The molecule has 0 heterocycles. The van der Waals surface area contributed by atoms with Gasteiger partial charge in [0.2, 0.25) is 0 Å². The maximum atomic E-state index is 2.43. The molecule has 0 fully saturated rings. The highest BCUT2D eigenvalue weighted by molar-refractivity contribution is 6.14. The fourth-order valence-corrected chi connectivity index (χ4v) is 8.95. The fourth-order valence-electron chi connectivity index (χ4n) is 8.95. The number of rotatable bonds is 8. The van der Waals surface area contributed by atoms with Gasteiger partial charge in [0.05, 0.1) is 5.69 Å². The summed E-state index contributed by atoms with van der Waals surface area (Å²) in [6.07, 6.45) is 0. The molecule has 0 N–H and O–H groups in total. The van der Waals surface area contributed by atoms with E-state index >= 15 is 0 Å². The predicted octanol–water partition coefficient (Wildman–Crippen LogP) is 17.0. The van der Waals surface area contributed by atoms with Crippen molar-refractivity contribution in [1.82, 2.24) is 0 Å². The van der Waals surface area contributed by atoms with Crippen LogP contribution in [0.3, 0.4) is 0 Å². The molecule has 0 saturated heterocycles. The van der Waals surface area contributed by atoms with Gasteiger partial charge in [-0.1, -0.05) is 200 Å². The van der Waals surface area contributed by atoms with Gasteiger partial charge in [-0.25, -0.2) is 0 Å². The zero-order valence-electron chi connectivity index (χ0n) is 33.6. The Bertz CT molecular complexity index is 3330. The first-order valence-corrected chi connectivity index (χ1v) is 21.0. The summed E-state index contributed by atoms with van der Waals surface area (Å²) < 4.78 is 0. The molecule has 0 amide bonds. The lowest BCUT2D eigenvalue weighted by atomic mass is 9.91. The summed E-state index contributed by atoms with van der Waals surface area (Å²) >= 11 is 0. The second kappa shape index (κ2) is 15.6. The minimum absolute atomic E-state index is 1.08. The van der Waals surface area contributed by atoms with E-state index in [-0.39, 0.29) is 0 Å². The summed E-state index contributed by atoms with van der Waals surface area (Å²) in [7, 11) is 0. The SMILES string of the molecule is c1ccc(-c2cccc(-c3ccc(N(c4ccc(-c5ccc6ccccc6c5)cc4)c4cc(-c5cc6ccccc6c6ccccc56)ccc4-c4ccccc4)cc3)c2)cc1. The van der Waals surface area contributed by atoms with Crippen molar-refractivity contribution in [2.75, 3.05) is 4.90 Å². The van der Waals surface area contributed by atoms with Crippen molar-refractivity contribution in [3.05, 3.63) is 249 Å². The van der Waals surface area contributed by atoms with Crippen molar-refractivity contribution < 1.29 is 0 Å². The van der Waals surface area contributed by atoms with Crippen molar-refractivity contribution in [2.24, 2.45) is 0 Å². The average Bonchev–Trinajstić information content (AvgIpc) is 3.35. The molecule has 286 valence electrons. The van der Waals surface area contributed by atoms with Crippen LogP contribution in [0.4, 0.5) is 17.1 Å². The Morgan fingerprint density at radius 1 is 0.213 bits per heavy atom. The molecule has 0 spiro atoms. The molecular weight excluding hydrogens is 735 g/mol. The molecule has 11 rings (SSSR count). The van der Waals surface area contributed by atoms with E-state index in [1.54, 1.807) is 0 Å². The van der Waals surface area contributed by atoms with Crippen LogP contribution in [0.5, 0.6) is 0 Å². The van der Waals surface area contributed by atoms with Gasteiger partial charge in [-0.05, 0) is 131 Å². The minimum Gasteiger partial charge on any atom is -0.310 e. The highest BCUT2D eigenvalue weighted by atomic mass is 15.1. The highest BCUT2D eigenvalue weighted by Gasteiger charge is 2.20. The first-order valence-electron chi connectivity index (χ1n) is 21.0. The molecule has 11 aromatic carbocycles. The molecule has 0 aromatic heterocycles. The topological polar surface area (TPSA) is 3.24 Å². The Morgan fingerprint density at radius 2 is 0.689 bits per heavy atom. The van der Waals surface area contributed by atoms with Crippen LogP contribution < -0.4 is 4.90 Å². The number of benzene rings is 11. The van der Waals surface area contributed by atoms with Crippen LogP contribution in [0.25, 0.3) is 88.0 Å². The summed E-state index contributed by atoms with van der Waals surface area (Å²) in [5, 5.41) is 7.50. The second-order valence-electron chi connectivity index (χ2n) is 15.7. The molecule has 0 aliphatic rings. The number of fused-ring (bicyclic) bond motifs is 4. The maximum Gasteiger partial charge on any atom is 0.0546 e. The van der Waals surface area contributed by atoms with Crippen LogP contribution in [0.1, 0.15) is 0 Å². The van der Waals surface area contributed by atoms with Crippen molar-refractivity contribution in [3.63, 3.8) is 0 Å². The summed E-state index contributed by atoms with van der Waals surface area (Å²) in [6.45, 7) is 0. The summed E-state index contributed by atoms with van der Waals surface area (Å²) in [5.74, 6) is 0. The molecular formula is C60H41N. The second-order valence-corrected chi connectivity index (χ2v) is 15.7. The van der Waals surface area contributed by atoms with Gasteiger partial charge in [0.1, 0.15) is 0 Å². The van der Waals surface area contributed by atoms with E-state index in [9.17, 15) is 0 Å². The molecule has 1 nitrogen and oxygen atoms in total. The molecule has 0 atom stereocenters. The van der Waals surface area contributed by atoms with Gasteiger partial charge in [-0.15, -0.1) is 0 Å². The Kier molecular flexibility index (Phi) is 9.26. The lowest BCUT2D eigenvalue weighted by Crippen LogP contribution is -2.11. The van der Waals surface area contributed by atoms with E-state index in [0.29, 0.717) is 0 Å². The first kappa shape index (κ1) is 36.1. The van der Waals surface area contributed by atoms with Gasteiger partial charge in [0.25, 0.3) is 0 Å². The molecule has 61 heavy (non-hydrogen) atoms. The van der Waals surface area contributed by atoms with Gasteiger partial charge in [-0.2, -0.15) is 0 Å². The smallest absolute Gasteiger partial charge is 0.0546 e. The molecule has 0 saturated carbocycles. The normalized spacial score (nSPS) is 11.3. The maximum absolute atomic E-state index is 2.43. The molecule has 0 radical (unpaired) electrons. The molecule has 0 bridgehead atoms. The van der Waals surface area contributed by atoms with Crippen LogP contribution >= 0.6 is 0 Å². The molecule has 1 heteroatoms. The summed E-state index contributed by atoms with van der Waals surface area (Å²) in [5.41, 5.74) is 15.2. The Hall–Kier alpha value is -8.00. The van der Waals surface area contributed by atoms with E-state index in [1.165, 1.54) is 82.4 Å². The van der Waals surface area contributed by atoms with Gasteiger partial charge >= 0.3 is 0 Å². The van der Waals surface area contributed by atoms with Crippen molar-refractivity contribution in [1.29, 1.82) is 0 Å². The van der Waals surface area contributed by atoms with Crippen LogP contribution in [0.15, 0.2) is 249 Å². The Balaban J connectivity index is 1.09. The van der Waals surface area contributed by atoms with Gasteiger partial charge in [0, 0.05) is 16.9 Å². The van der Waals surface area contributed by atoms with E-state index in [4.69, 9.17) is 0 Å². The summed E-state index contributed by atoms with van der Waals surface area (Å²) in [6, 6.07) is 90.6. The zero-order chi connectivity index (χ0) is 40.5. The zero-order valence-corrected chi connectivity index (χ0v) is 33.6. The first-order chi connectivity index (χ1) is 30.2. The van der Waals surface area contributed by atoms with E-state index in [0.717, 1.165) is 22.6 Å². The highest BCUT2D eigenvalue weighted by Crippen LogP contribution is 2.45. The molecule has 11 aromatic rings. The van der Waals surface area contributed by atoms with Crippen molar-refractivity contribution in [2.45, 2.75) is 0 Å². The molecule has 0 aliphatic carbocycles. The van der Waals surface area contributed by atoms with Crippen LogP contribution in [-0.4, -0.2) is 0 Å². The minimum atomic E-state index is 1.08. The standard InChI is InChI=1S/C60H41N/c1-3-14-42(15-4-1)48-21-13-22-49(38-48)44-28-33-53(34-29-44)61(54-35-30-45(31-36-54)50-27-26-43-16-7-8-19-47(43)39-50)60-41-52(32-37-56(60)46-17-5-2-6-18-46)59-40-51-20-9-10-23-55(51)57-24-11-12-25-58(57)59/h1-41H. The van der Waals surface area contributed by atoms with Crippen molar-refractivity contribution in [3.8, 4) is 55.6 Å². The van der Waals surface area contributed by atoms with Crippen LogP contribution in [0, 0.1) is 0 Å². The van der Waals surface area contributed by atoms with E-state index < -0.39 is 0 Å². The number of anilines is 3. The third kappa shape index (κ3) is 6.93. The Morgan fingerprint density at radius 3 is 1.36 bits per heavy atom. The van der Waals surface area contributed by atoms with Gasteiger partial charge in [-0.3, -0.25) is 0 Å². The monoisotopic (exact) mass is 775 g/mol. The van der Waals surface area contributed by atoms with Gasteiger partial charge < -0.3 is 4.90 Å². The third-order valence-electron chi connectivity index (χ3n) is 12.0. The van der Waals surface area contributed by atoms with Crippen LogP contribution in [0.2, 0.25) is 0 Å².